The van der Waals surface area contributed by atoms with Crippen molar-refractivity contribution in [3.8, 4) is 0 Å². The fourth-order valence-corrected chi connectivity index (χ4v) is 1.32. The third-order valence-corrected chi connectivity index (χ3v) is 3.52. The van der Waals surface area contributed by atoms with E-state index in [1.165, 1.54) is 6.20 Å². The minimum atomic E-state index is -1.01. The van der Waals surface area contributed by atoms with Gasteiger partial charge >= 0.3 is 5.97 Å². The molecule has 0 atom stereocenters. The Labute approximate surface area is 99.5 Å². The third-order valence-electron chi connectivity index (χ3n) is 2.27. The molecule has 4 nitrogen and oxygen atoms in total. The Morgan fingerprint density at radius 1 is 1.62 bits per heavy atom. The maximum atomic E-state index is 10.9. The van der Waals surface area contributed by atoms with E-state index in [0.29, 0.717) is 12.2 Å². The fourth-order valence-electron chi connectivity index (χ4n) is 1.10. The van der Waals surface area contributed by atoms with Crippen LogP contribution < -0.4 is 5.32 Å². The Morgan fingerprint density at radius 3 is 2.88 bits per heavy atom. The van der Waals surface area contributed by atoms with Gasteiger partial charge in [-0.3, -0.25) is 0 Å². The number of nitrogens with zero attached hydrogens (tertiary/aromatic N) is 1. The number of pyridine rings is 1. The number of aromatic nitrogens is 1. The number of carboxylic acids is 1. The summed E-state index contributed by atoms with van der Waals surface area (Å²) in [5.74, 6) is -1.01. The van der Waals surface area contributed by atoms with Crippen molar-refractivity contribution in [2.45, 2.75) is 18.6 Å². The molecule has 0 aromatic carbocycles. The van der Waals surface area contributed by atoms with E-state index in [0.717, 1.165) is 0 Å². The normalized spacial score (nSPS) is 11.2. The first-order chi connectivity index (χ1) is 7.46. The topological polar surface area (TPSA) is 62.2 Å². The van der Waals surface area contributed by atoms with Crippen LogP contribution in [0.1, 0.15) is 24.3 Å². The fraction of sp³-hybridized carbons (Fsp3) is 0.455. The van der Waals surface area contributed by atoms with Crippen molar-refractivity contribution in [2.24, 2.45) is 0 Å². The van der Waals surface area contributed by atoms with Crippen molar-refractivity contribution in [3.05, 3.63) is 24.0 Å². The van der Waals surface area contributed by atoms with Gasteiger partial charge in [-0.1, -0.05) is 0 Å². The number of carbonyl (C=O) groups is 1. The van der Waals surface area contributed by atoms with Gasteiger partial charge in [0, 0.05) is 17.5 Å². The van der Waals surface area contributed by atoms with E-state index >= 15 is 0 Å². The molecule has 0 spiro atoms. The highest BCUT2D eigenvalue weighted by atomic mass is 32.2. The lowest BCUT2D eigenvalue weighted by Gasteiger charge is -2.23. The van der Waals surface area contributed by atoms with Crippen LogP contribution in [0.25, 0.3) is 0 Å². The largest absolute Gasteiger partial charge is 0.476 e. The number of nitrogens with one attached hydrogen (secondary N) is 1. The van der Waals surface area contributed by atoms with Gasteiger partial charge in [0.15, 0.2) is 5.69 Å². The molecule has 16 heavy (non-hydrogen) atoms. The summed E-state index contributed by atoms with van der Waals surface area (Å²) in [5, 5.41) is 12.1. The van der Waals surface area contributed by atoms with Gasteiger partial charge in [0.25, 0.3) is 0 Å². The Morgan fingerprint density at radius 2 is 2.31 bits per heavy atom. The molecular weight excluding hydrogens is 224 g/mol. The Balaban J connectivity index is 2.78. The molecule has 1 aromatic heterocycles. The van der Waals surface area contributed by atoms with E-state index in [-0.39, 0.29) is 10.4 Å². The molecule has 1 rings (SSSR count). The number of carboxylic acid groups (broad SMARTS) is 1. The molecule has 2 N–H and O–H groups in total. The molecule has 0 radical (unpaired) electrons. The van der Waals surface area contributed by atoms with Gasteiger partial charge in [0.05, 0.1) is 5.69 Å². The highest BCUT2D eigenvalue weighted by molar-refractivity contribution is 7.99. The average Bonchev–Trinajstić information content (AvgIpc) is 2.27. The molecule has 88 valence electrons. The lowest BCUT2D eigenvalue weighted by atomic mass is 10.2. The van der Waals surface area contributed by atoms with Crippen molar-refractivity contribution < 1.29 is 9.90 Å². The maximum absolute atomic E-state index is 10.9. The second-order valence-electron chi connectivity index (χ2n) is 4.02. The van der Waals surface area contributed by atoms with Gasteiger partial charge in [0.2, 0.25) is 0 Å². The Hall–Kier alpha value is -1.23. The summed E-state index contributed by atoms with van der Waals surface area (Å²) < 4.78 is 0.0611. The van der Waals surface area contributed by atoms with Crippen molar-refractivity contribution in [2.75, 3.05) is 18.1 Å². The van der Waals surface area contributed by atoms with E-state index in [4.69, 9.17) is 5.11 Å². The van der Waals surface area contributed by atoms with E-state index in [2.05, 4.69) is 24.1 Å². The van der Waals surface area contributed by atoms with Crippen LogP contribution in [-0.4, -0.2) is 33.6 Å². The van der Waals surface area contributed by atoms with E-state index < -0.39 is 5.97 Å². The van der Waals surface area contributed by atoms with Gasteiger partial charge in [-0.2, -0.15) is 11.8 Å². The monoisotopic (exact) mass is 240 g/mol. The molecular formula is C11H16N2O2S. The number of rotatable bonds is 5. The molecule has 0 aliphatic carbocycles. The molecule has 0 amide bonds. The van der Waals surface area contributed by atoms with Gasteiger partial charge < -0.3 is 10.4 Å². The van der Waals surface area contributed by atoms with Crippen molar-refractivity contribution in [3.63, 3.8) is 0 Å². The van der Waals surface area contributed by atoms with Crippen LogP contribution in [0, 0.1) is 0 Å². The summed E-state index contributed by atoms with van der Waals surface area (Å²) in [6, 6.07) is 3.45. The molecule has 0 saturated carbocycles. The molecule has 0 saturated heterocycles. The second kappa shape index (κ2) is 5.21. The zero-order chi connectivity index (χ0) is 12.2. The van der Waals surface area contributed by atoms with Crippen LogP contribution in [0.5, 0.6) is 0 Å². The Bertz CT molecular complexity index is 380. The standard InChI is InChI=1S/C11H16N2O2S/c1-11(2,16-3)7-13-8-5-4-6-12-9(8)10(14)15/h4-6,13H,7H2,1-3H3,(H,14,15). The summed E-state index contributed by atoms with van der Waals surface area (Å²) in [5.41, 5.74) is 0.636. The summed E-state index contributed by atoms with van der Waals surface area (Å²) >= 11 is 1.73. The highest BCUT2D eigenvalue weighted by Gasteiger charge is 2.17. The molecule has 1 heterocycles. The lowest BCUT2D eigenvalue weighted by Crippen LogP contribution is -2.26. The first-order valence-corrected chi connectivity index (χ1v) is 6.16. The SMILES string of the molecule is CSC(C)(C)CNc1cccnc1C(=O)O. The van der Waals surface area contributed by atoms with E-state index in [1.54, 1.807) is 23.9 Å². The molecule has 1 aromatic rings. The second-order valence-corrected chi connectivity index (χ2v) is 5.54. The van der Waals surface area contributed by atoms with Gasteiger partial charge in [0.1, 0.15) is 0 Å². The average molecular weight is 240 g/mol. The number of hydrogen-bond donors (Lipinski definition) is 2. The lowest BCUT2D eigenvalue weighted by molar-refractivity contribution is 0.0691. The smallest absolute Gasteiger partial charge is 0.356 e. The quantitative estimate of drug-likeness (QED) is 0.827. The number of hydrogen-bond acceptors (Lipinski definition) is 4. The van der Waals surface area contributed by atoms with Crippen LogP contribution in [0.2, 0.25) is 0 Å². The number of aromatic carboxylic acids is 1. The number of anilines is 1. The highest BCUT2D eigenvalue weighted by Crippen LogP contribution is 2.22. The van der Waals surface area contributed by atoms with Crippen LogP contribution in [-0.2, 0) is 0 Å². The minimum absolute atomic E-state index is 0.0611. The van der Waals surface area contributed by atoms with Crippen molar-refractivity contribution in [1.82, 2.24) is 4.98 Å². The molecule has 0 unspecified atom stereocenters. The summed E-state index contributed by atoms with van der Waals surface area (Å²) in [6.07, 6.45) is 3.51. The van der Waals surface area contributed by atoms with E-state index in [9.17, 15) is 4.79 Å². The molecule has 0 aliphatic rings. The predicted octanol–water partition coefficient (Wildman–Crippen LogP) is 2.33. The molecule has 5 heteroatoms. The van der Waals surface area contributed by atoms with Crippen molar-refractivity contribution in [1.29, 1.82) is 0 Å². The van der Waals surface area contributed by atoms with Crippen LogP contribution >= 0.6 is 11.8 Å². The zero-order valence-electron chi connectivity index (χ0n) is 9.65. The first-order valence-electron chi connectivity index (χ1n) is 4.93. The zero-order valence-corrected chi connectivity index (χ0v) is 10.5. The predicted molar refractivity (Wildman–Crippen MR) is 67.3 cm³/mol. The molecule has 0 aliphatic heterocycles. The van der Waals surface area contributed by atoms with Gasteiger partial charge in [-0.25, -0.2) is 9.78 Å². The van der Waals surface area contributed by atoms with Crippen molar-refractivity contribution >= 4 is 23.4 Å². The van der Waals surface area contributed by atoms with Crippen LogP contribution in [0.15, 0.2) is 18.3 Å². The van der Waals surface area contributed by atoms with Crippen LogP contribution in [0.4, 0.5) is 5.69 Å². The Kier molecular flexibility index (Phi) is 4.18. The molecule has 0 fully saturated rings. The van der Waals surface area contributed by atoms with E-state index in [1.807, 2.05) is 6.26 Å². The minimum Gasteiger partial charge on any atom is -0.476 e. The maximum Gasteiger partial charge on any atom is 0.356 e. The first kappa shape index (κ1) is 12.8. The summed E-state index contributed by atoms with van der Waals surface area (Å²) in [7, 11) is 0. The number of thioether (sulfide) groups is 1. The molecule has 0 bridgehead atoms. The third kappa shape index (κ3) is 3.41. The summed E-state index contributed by atoms with van der Waals surface area (Å²) in [4.78, 5) is 14.7. The van der Waals surface area contributed by atoms with Gasteiger partial charge in [-0.05, 0) is 32.2 Å². The van der Waals surface area contributed by atoms with Crippen LogP contribution in [0.3, 0.4) is 0 Å². The van der Waals surface area contributed by atoms with Gasteiger partial charge in [-0.15, -0.1) is 0 Å². The summed E-state index contributed by atoms with van der Waals surface area (Å²) in [6.45, 7) is 4.89.